The quantitative estimate of drug-likeness (QED) is 0.773. The first-order valence-corrected chi connectivity index (χ1v) is 9.64. The SMILES string of the molecule is Cc1cccc2c1C(C=Nc1ccc(OCCN3CCC(F)C3)cc1)C(=O)N2. The molecule has 1 fully saturated rings. The number of likely N-dealkylation sites (tertiary alicyclic amines) is 1. The van der Waals surface area contributed by atoms with Gasteiger partial charge in [0.05, 0.1) is 5.69 Å². The van der Waals surface area contributed by atoms with E-state index in [-0.39, 0.29) is 11.8 Å². The van der Waals surface area contributed by atoms with Crippen LogP contribution in [0.25, 0.3) is 0 Å². The molecule has 1 N–H and O–H groups in total. The maximum absolute atomic E-state index is 13.2. The predicted octanol–water partition coefficient (Wildman–Crippen LogP) is 3.86. The Hall–Kier alpha value is -2.73. The van der Waals surface area contributed by atoms with Crippen molar-refractivity contribution in [1.82, 2.24) is 4.90 Å². The fraction of sp³-hybridized carbons (Fsp3) is 0.364. The first kappa shape index (κ1) is 18.6. The molecule has 1 saturated heterocycles. The lowest BCUT2D eigenvalue weighted by Gasteiger charge is -2.14. The summed E-state index contributed by atoms with van der Waals surface area (Å²) in [7, 11) is 0. The summed E-state index contributed by atoms with van der Waals surface area (Å²) < 4.78 is 18.9. The summed E-state index contributed by atoms with van der Waals surface area (Å²) in [6, 6.07) is 13.3. The van der Waals surface area contributed by atoms with E-state index in [9.17, 15) is 9.18 Å². The van der Waals surface area contributed by atoms with Crippen LogP contribution in [0.5, 0.6) is 5.75 Å². The van der Waals surface area contributed by atoms with Crippen molar-refractivity contribution in [2.24, 2.45) is 4.99 Å². The van der Waals surface area contributed by atoms with Crippen LogP contribution in [0.1, 0.15) is 23.5 Å². The number of aliphatic imine (C=N–C) groups is 1. The molecule has 1 amide bonds. The van der Waals surface area contributed by atoms with Crippen LogP contribution in [0, 0.1) is 6.92 Å². The molecule has 2 unspecified atom stereocenters. The molecule has 5 nitrogen and oxygen atoms in total. The van der Waals surface area contributed by atoms with Gasteiger partial charge in [0.2, 0.25) is 5.91 Å². The molecule has 2 aromatic rings. The molecule has 2 heterocycles. The third kappa shape index (κ3) is 4.07. The van der Waals surface area contributed by atoms with E-state index in [1.165, 1.54) is 0 Å². The number of ether oxygens (including phenoxy) is 1. The molecule has 6 heteroatoms. The predicted molar refractivity (Wildman–Crippen MR) is 109 cm³/mol. The molecule has 146 valence electrons. The van der Waals surface area contributed by atoms with E-state index in [1.54, 1.807) is 6.21 Å². The van der Waals surface area contributed by atoms with Crippen LogP contribution in [-0.4, -0.2) is 49.4 Å². The van der Waals surface area contributed by atoms with Crippen molar-refractivity contribution in [3.05, 3.63) is 53.6 Å². The molecule has 0 aliphatic carbocycles. The summed E-state index contributed by atoms with van der Waals surface area (Å²) in [5.74, 6) is 0.340. The molecule has 4 rings (SSSR count). The van der Waals surface area contributed by atoms with Crippen molar-refractivity contribution in [2.45, 2.75) is 25.4 Å². The Morgan fingerprint density at radius 1 is 1.29 bits per heavy atom. The number of aryl methyl sites for hydroxylation is 1. The summed E-state index contributed by atoms with van der Waals surface area (Å²) in [4.78, 5) is 18.8. The van der Waals surface area contributed by atoms with Gasteiger partial charge in [-0.1, -0.05) is 12.1 Å². The highest BCUT2D eigenvalue weighted by molar-refractivity contribution is 6.13. The molecule has 0 spiro atoms. The third-order valence-electron chi connectivity index (χ3n) is 5.28. The number of nitrogens with one attached hydrogen (secondary N) is 1. The highest BCUT2D eigenvalue weighted by Crippen LogP contribution is 2.34. The molecule has 2 atom stereocenters. The minimum atomic E-state index is -0.699. The van der Waals surface area contributed by atoms with Gasteiger partial charge in [0.15, 0.2) is 0 Å². The van der Waals surface area contributed by atoms with E-state index in [0.717, 1.165) is 41.3 Å². The zero-order valence-corrected chi connectivity index (χ0v) is 15.9. The number of carbonyl (C=O) groups is 1. The van der Waals surface area contributed by atoms with E-state index >= 15 is 0 Å². The van der Waals surface area contributed by atoms with Gasteiger partial charge in [-0.3, -0.25) is 14.7 Å². The monoisotopic (exact) mass is 381 g/mol. The van der Waals surface area contributed by atoms with Gasteiger partial charge in [0.25, 0.3) is 0 Å². The molecule has 0 saturated carbocycles. The number of fused-ring (bicyclic) bond motifs is 1. The van der Waals surface area contributed by atoms with Crippen molar-refractivity contribution >= 4 is 23.5 Å². The number of hydrogen-bond acceptors (Lipinski definition) is 4. The number of carbonyl (C=O) groups excluding carboxylic acids is 1. The largest absolute Gasteiger partial charge is 0.492 e. The summed E-state index contributed by atoms with van der Waals surface area (Å²) in [5.41, 5.74) is 3.70. The topological polar surface area (TPSA) is 53.9 Å². The second-order valence-electron chi connectivity index (χ2n) is 7.31. The van der Waals surface area contributed by atoms with Crippen molar-refractivity contribution in [2.75, 3.05) is 31.6 Å². The van der Waals surface area contributed by atoms with Crippen LogP contribution in [0.2, 0.25) is 0 Å². The highest BCUT2D eigenvalue weighted by Gasteiger charge is 2.30. The maximum atomic E-state index is 13.2. The van der Waals surface area contributed by atoms with Gasteiger partial charge in [-0.05, 0) is 54.8 Å². The van der Waals surface area contributed by atoms with Crippen LogP contribution in [0.4, 0.5) is 15.8 Å². The smallest absolute Gasteiger partial charge is 0.237 e. The summed E-state index contributed by atoms with van der Waals surface area (Å²) >= 11 is 0. The highest BCUT2D eigenvalue weighted by atomic mass is 19.1. The Morgan fingerprint density at radius 2 is 2.11 bits per heavy atom. The van der Waals surface area contributed by atoms with Crippen LogP contribution in [0.3, 0.4) is 0 Å². The van der Waals surface area contributed by atoms with Gasteiger partial charge in [0, 0.05) is 31.5 Å². The van der Waals surface area contributed by atoms with Gasteiger partial charge in [-0.2, -0.15) is 0 Å². The number of hydrogen-bond donors (Lipinski definition) is 1. The Morgan fingerprint density at radius 3 is 2.86 bits per heavy atom. The van der Waals surface area contributed by atoms with Crippen molar-refractivity contribution in [1.29, 1.82) is 0 Å². The van der Waals surface area contributed by atoms with E-state index in [2.05, 4.69) is 15.2 Å². The standard InChI is InChI=1S/C22H24FN3O2/c1-15-3-2-4-20-21(15)19(22(27)25-20)13-24-17-5-7-18(8-6-17)28-12-11-26-10-9-16(23)14-26/h2-8,13,16,19H,9-12,14H2,1H3,(H,25,27). The van der Waals surface area contributed by atoms with E-state index in [4.69, 9.17) is 4.74 Å². The number of rotatable bonds is 6. The second-order valence-corrected chi connectivity index (χ2v) is 7.31. The number of amides is 1. The molecular formula is C22H24FN3O2. The average molecular weight is 381 g/mol. The first-order valence-electron chi connectivity index (χ1n) is 9.64. The second kappa shape index (κ2) is 8.10. The van der Waals surface area contributed by atoms with Gasteiger partial charge in [-0.15, -0.1) is 0 Å². The molecule has 0 bridgehead atoms. The number of alkyl halides is 1. The number of nitrogens with zero attached hydrogens (tertiary/aromatic N) is 2. The maximum Gasteiger partial charge on any atom is 0.237 e. The van der Waals surface area contributed by atoms with Crippen LogP contribution >= 0.6 is 0 Å². The van der Waals surface area contributed by atoms with Gasteiger partial charge >= 0.3 is 0 Å². The lowest BCUT2D eigenvalue weighted by molar-refractivity contribution is -0.115. The zero-order chi connectivity index (χ0) is 19.5. The first-order chi connectivity index (χ1) is 13.6. The number of halogens is 1. The van der Waals surface area contributed by atoms with Crippen LogP contribution < -0.4 is 10.1 Å². The Bertz CT molecular complexity index is 882. The Balaban J connectivity index is 1.34. The summed E-state index contributed by atoms with van der Waals surface area (Å²) in [5, 5.41) is 2.91. The van der Waals surface area contributed by atoms with Crippen LogP contribution in [0.15, 0.2) is 47.5 Å². The fourth-order valence-electron chi connectivity index (χ4n) is 3.76. The summed E-state index contributed by atoms with van der Waals surface area (Å²) in [6.45, 7) is 4.58. The lowest BCUT2D eigenvalue weighted by Crippen LogP contribution is -2.26. The van der Waals surface area contributed by atoms with E-state index in [1.807, 2.05) is 49.4 Å². The van der Waals surface area contributed by atoms with E-state index < -0.39 is 6.17 Å². The Labute approximate surface area is 164 Å². The van der Waals surface area contributed by atoms with Crippen LogP contribution in [-0.2, 0) is 4.79 Å². The van der Waals surface area contributed by atoms with Gasteiger partial charge < -0.3 is 10.1 Å². The van der Waals surface area contributed by atoms with Gasteiger partial charge in [-0.25, -0.2) is 4.39 Å². The van der Waals surface area contributed by atoms with E-state index in [0.29, 0.717) is 19.6 Å². The van der Waals surface area contributed by atoms with Gasteiger partial charge in [0.1, 0.15) is 24.4 Å². The fourth-order valence-corrected chi connectivity index (χ4v) is 3.76. The number of anilines is 1. The zero-order valence-electron chi connectivity index (χ0n) is 15.9. The average Bonchev–Trinajstić information content (AvgIpc) is 3.24. The molecule has 2 aliphatic heterocycles. The molecule has 2 aromatic carbocycles. The molecule has 0 radical (unpaired) electrons. The molecule has 0 aromatic heterocycles. The van der Waals surface area contributed by atoms with Crippen molar-refractivity contribution in [3.63, 3.8) is 0 Å². The lowest BCUT2D eigenvalue weighted by atomic mass is 9.97. The molecular weight excluding hydrogens is 357 g/mol. The minimum Gasteiger partial charge on any atom is -0.492 e. The number of benzene rings is 2. The third-order valence-corrected chi connectivity index (χ3v) is 5.28. The molecule has 2 aliphatic rings. The molecule has 28 heavy (non-hydrogen) atoms. The minimum absolute atomic E-state index is 0.0505. The van der Waals surface area contributed by atoms with Crippen molar-refractivity contribution < 1.29 is 13.9 Å². The Kier molecular flexibility index (Phi) is 5.39. The normalized spacial score (nSPS) is 21.9. The summed E-state index contributed by atoms with van der Waals surface area (Å²) in [6.07, 6.45) is 1.62. The van der Waals surface area contributed by atoms with Crippen molar-refractivity contribution in [3.8, 4) is 5.75 Å².